The van der Waals surface area contributed by atoms with Gasteiger partial charge in [-0.1, -0.05) is 36.4 Å². The van der Waals surface area contributed by atoms with E-state index in [2.05, 4.69) is 15.8 Å². The third kappa shape index (κ3) is 5.13. The van der Waals surface area contributed by atoms with Crippen molar-refractivity contribution >= 4 is 34.5 Å². The van der Waals surface area contributed by atoms with E-state index < -0.39 is 30.0 Å². The standard InChI is InChI=1S/C21H16F3N3O3/c22-21(23,24)14-5-3-6-15(10-14)26-19(29)11-20(30)27-25-12-17-16-7-2-1-4-13(16)8-9-18(17)28/h1-10,12,28H,11H2,(H,26,29)(H,27,30)/b25-12+. The van der Waals surface area contributed by atoms with Crippen LogP contribution in [0.25, 0.3) is 10.8 Å². The number of fused-ring (bicyclic) bond motifs is 1. The first-order chi connectivity index (χ1) is 14.2. The van der Waals surface area contributed by atoms with E-state index in [0.29, 0.717) is 5.56 Å². The van der Waals surface area contributed by atoms with E-state index >= 15 is 0 Å². The molecule has 0 aromatic heterocycles. The first-order valence-corrected chi connectivity index (χ1v) is 8.74. The van der Waals surface area contributed by atoms with Crippen LogP contribution < -0.4 is 10.7 Å². The van der Waals surface area contributed by atoms with Crippen molar-refractivity contribution in [1.82, 2.24) is 5.43 Å². The molecule has 0 aliphatic heterocycles. The Balaban J connectivity index is 1.60. The number of carbonyl (C=O) groups excluding carboxylic acids is 2. The molecular weight excluding hydrogens is 399 g/mol. The van der Waals surface area contributed by atoms with Gasteiger partial charge in [0.25, 0.3) is 0 Å². The lowest BCUT2D eigenvalue weighted by Crippen LogP contribution is -2.24. The molecule has 30 heavy (non-hydrogen) atoms. The van der Waals surface area contributed by atoms with E-state index in [1.54, 1.807) is 18.2 Å². The van der Waals surface area contributed by atoms with Crippen LogP contribution in [-0.2, 0) is 15.8 Å². The maximum atomic E-state index is 12.7. The lowest BCUT2D eigenvalue weighted by atomic mass is 10.0. The minimum Gasteiger partial charge on any atom is -0.507 e. The Morgan fingerprint density at radius 3 is 2.53 bits per heavy atom. The lowest BCUT2D eigenvalue weighted by molar-refractivity contribution is -0.137. The Labute approximate surface area is 169 Å². The lowest BCUT2D eigenvalue weighted by Gasteiger charge is -2.09. The molecule has 0 unspecified atom stereocenters. The minimum atomic E-state index is -4.54. The number of nitrogens with one attached hydrogen (secondary N) is 2. The number of hydrogen-bond acceptors (Lipinski definition) is 4. The Morgan fingerprint density at radius 1 is 1.00 bits per heavy atom. The van der Waals surface area contributed by atoms with Crippen LogP contribution in [0.15, 0.2) is 65.8 Å². The van der Waals surface area contributed by atoms with Gasteiger partial charge in [-0.15, -0.1) is 0 Å². The van der Waals surface area contributed by atoms with Crippen molar-refractivity contribution in [3.8, 4) is 5.75 Å². The van der Waals surface area contributed by atoms with E-state index in [9.17, 15) is 27.9 Å². The normalized spacial score (nSPS) is 11.6. The predicted octanol–water partition coefficient (Wildman–Crippen LogP) is 4.04. The van der Waals surface area contributed by atoms with E-state index in [1.165, 1.54) is 18.3 Å². The van der Waals surface area contributed by atoms with Gasteiger partial charge in [-0.2, -0.15) is 18.3 Å². The van der Waals surface area contributed by atoms with E-state index in [1.807, 2.05) is 12.1 Å². The summed E-state index contributed by atoms with van der Waals surface area (Å²) in [5, 5.41) is 17.6. The van der Waals surface area contributed by atoms with Crippen LogP contribution in [0.2, 0.25) is 0 Å². The van der Waals surface area contributed by atoms with Gasteiger partial charge in [0.15, 0.2) is 0 Å². The molecule has 0 radical (unpaired) electrons. The number of hydrogen-bond donors (Lipinski definition) is 3. The van der Waals surface area contributed by atoms with Crippen molar-refractivity contribution in [2.24, 2.45) is 5.10 Å². The minimum absolute atomic E-state index is 0.0333. The number of nitrogens with zero attached hydrogens (tertiary/aromatic N) is 1. The summed E-state index contributed by atoms with van der Waals surface area (Å²) in [4.78, 5) is 23.8. The van der Waals surface area contributed by atoms with Crippen LogP contribution in [0.5, 0.6) is 5.75 Å². The summed E-state index contributed by atoms with van der Waals surface area (Å²) in [5.41, 5.74) is 1.55. The van der Waals surface area contributed by atoms with Crippen molar-refractivity contribution in [3.63, 3.8) is 0 Å². The number of amides is 2. The highest BCUT2D eigenvalue weighted by molar-refractivity contribution is 6.05. The van der Waals surface area contributed by atoms with Crippen LogP contribution in [-0.4, -0.2) is 23.1 Å². The van der Waals surface area contributed by atoms with Crippen molar-refractivity contribution in [3.05, 3.63) is 71.8 Å². The zero-order chi connectivity index (χ0) is 21.7. The van der Waals surface area contributed by atoms with Gasteiger partial charge in [-0.05, 0) is 35.0 Å². The molecule has 0 bridgehead atoms. The van der Waals surface area contributed by atoms with Gasteiger partial charge in [0.05, 0.1) is 11.8 Å². The maximum Gasteiger partial charge on any atom is 0.416 e. The number of benzene rings is 3. The predicted molar refractivity (Wildman–Crippen MR) is 106 cm³/mol. The Hall–Kier alpha value is -3.88. The third-order valence-corrected chi connectivity index (χ3v) is 4.13. The van der Waals surface area contributed by atoms with Crippen LogP contribution in [0.1, 0.15) is 17.5 Å². The monoisotopic (exact) mass is 415 g/mol. The fourth-order valence-corrected chi connectivity index (χ4v) is 2.75. The first-order valence-electron chi connectivity index (χ1n) is 8.74. The largest absolute Gasteiger partial charge is 0.507 e. The summed E-state index contributed by atoms with van der Waals surface area (Å²) in [6.45, 7) is 0. The molecule has 154 valence electrons. The molecule has 6 nitrogen and oxygen atoms in total. The number of aromatic hydroxyl groups is 1. The highest BCUT2D eigenvalue weighted by atomic mass is 19.4. The highest BCUT2D eigenvalue weighted by Crippen LogP contribution is 2.30. The number of alkyl halides is 3. The van der Waals surface area contributed by atoms with Gasteiger partial charge < -0.3 is 10.4 Å². The fourth-order valence-electron chi connectivity index (χ4n) is 2.75. The number of phenols is 1. The number of anilines is 1. The number of phenolic OH excluding ortho intramolecular Hbond substituents is 1. The van der Waals surface area contributed by atoms with Crippen LogP contribution in [0.3, 0.4) is 0 Å². The van der Waals surface area contributed by atoms with E-state index in [-0.39, 0.29) is 11.4 Å². The molecule has 0 heterocycles. The van der Waals surface area contributed by atoms with Gasteiger partial charge in [-0.3, -0.25) is 9.59 Å². The molecule has 0 spiro atoms. The number of carbonyl (C=O) groups is 2. The topological polar surface area (TPSA) is 90.8 Å². The summed E-state index contributed by atoms with van der Waals surface area (Å²) in [5.74, 6) is -1.60. The van der Waals surface area contributed by atoms with Crippen molar-refractivity contribution < 1.29 is 27.9 Å². The SMILES string of the molecule is O=C(CC(=O)Nc1cccc(C(F)(F)F)c1)N/N=C/c1c(O)ccc2ccccc12. The molecular formula is C21H16F3N3O3. The average Bonchev–Trinajstić information content (AvgIpc) is 2.69. The van der Waals surface area contributed by atoms with Gasteiger partial charge in [0.1, 0.15) is 12.2 Å². The molecule has 3 rings (SSSR count). The second-order valence-electron chi connectivity index (χ2n) is 6.32. The van der Waals surface area contributed by atoms with Gasteiger partial charge in [-0.25, -0.2) is 5.43 Å². The number of halogens is 3. The Bertz CT molecular complexity index is 1130. The first kappa shape index (κ1) is 20.8. The second kappa shape index (κ2) is 8.64. The molecule has 0 aliphatic carbocycles. The Morgan fingerprint density at radius 2 is 1.77 bits per heavy atom. The van der Waals surface area contributed by atoms with Gasteiger partial charge in [0.2, 0.25) is 11.8 Å². The van der Waals surface area contributed by atoms with Crippen LogP contribution in [0.4, 0.5) is 18.9 Å². The molecule has 3 aromatic rings. The van der Waals surface area contributed by atoms with Crippen LogP contribution in [0, 0.1) is 0 Å². The summed E-state index contributed by atoms with van der Waals surface area (Å²) in [7, 11) is 0. The van der Waals surface area contributed by atoms with Gasteiger partial charge >= 0.3 is 6.18 Å². The smallest absolute Gasteiger partial charge is 0.416 e. The van der Waals surface area contributed by atoms with E-state index in [4.69, 9.17) is 0 Å². The number of rotatable bonds is 5. The molecule has 0 fully saturated rings. The van der Waals surface area contributed by atoms with Crippen molar-refractivity contribution in [2.75, 3.05) is 5.32 Å². The molecule has 9 heteroatoms. The Kier molecular flexibility index (Phi) is 6.01. The van der Waals surface area contributed by atoms with E-state index in [0.717, 1.165) is 29.0 Å². The highest BCUT2D eigenvalue weighted by Gasteiger charge is 2.30. The molecule has 0 saturated carbocycles. The zero-order valence-electron chi connectivity index (χ0n) is 15.4. The molecule has 0 atom stereocenters. The maximum absolute atomic E-state index is 12.7. The van der Waals surface area contributed by atoms with Gasteiger partial charge in [0, 0.05) is 11.3 Å². The molecule has 0 saturated heterocycles. The molecule has 3 aromatic carbocycles. The molecule has 3 N–H and O–H groups in total. The number of hydrazone groups is 1. The quantitative estimate of drug-likeness (QED) is 0.334. The van der Waals surface area contributed by atoms with Crippen LogP contribution >= 0.6 is 0 Å². The molecule has 2 amide bonds. The fraction of sp³-hybridized carbons (Fsp3) is 0.0952. The average molecular weight is 415 g/mol. The summed E-state index contributed by atoms with van der Waals surface area (Å²) in [6, 6.07) is 14.6. The van der Waals surface area contributed by atoms with Crippen molar-refractivity contribution in [1.29, 1.82) is 0 Å². The summed E-state index contributed by atoms with van der Waals surface area (Å²) >= 11 is 0. The summed E-state index contributed by atoms with van der Waals surface area (Å²) in [6.07, 6.45) is -3.94. The zero-order valence-corrected chi connectivity index (χ0v) is 15.4. The molecule has 0 aliphatic rings. The summed E-state index contributed by atoms with van der Waals surface area (Å²) < 4.78 is 38.1. The third-order valence-electron chi connectivity index (χ3n) is 4.13. The van der Waals surface area contributed by atoms with Crippen molar-refractivity contribution in [2.45, 2.75) is 12.6 Å². The second-order valence-corrected chi connectivity index (χ2v) is 6.32.